The van der Waals surface area contributed by atoms with Crippen LogP contribution in [0.1, 0.15) is 30.4 Å². The summed E-state index contributed by atoms with van der Waals surface area (Å²) in [5.74, 6) is 0.0444. The number of piperazine rings is 1. The van der Waals surface area contributed by atoms with Crippen LogP contribution < -0.4 is 5.32 Å². The molecule has 1 amide bonds. The Kier molecular flexibility index (Phi) is 5.46. The fourth-order valence-electron chi connectivity index (χ4n) is 3.35. The smallest absolute Gasteiger partial charge is 0.243 e. The molecule has 1 heterocycles. The Morgan fingerprint density at radius 3 is 2.52 bits per heavy atom. The third-order valence-electron chi connectivity index (χ3n) is 4.89. The summed E-state index contributed by atoms with van der Waals surface area (Å²) in [6, 6.07) is 5.45. The van der Waals surface area contributed by atoms with Gasteiger partial charge in [-0.15, -0.1) is 0 Å². The number of carbonyl (C=O) groups is 1. The van der Waals surface area contributed by atoms with E-state index in [0.29, 0.717) is 18.0 Å². The maximum Gasteiger partial charge on any atom is 0.243 e. The highest BCUT2D eigenvalue weighted by Gasteiger charge is 2.38. The van der Waals surface area contributed by atoms with E-state index in [1.54, 1.807) is 10.4 Å². The Labute approximate surface area is 150 Å². The SMILES string of the molecule is Cc1ccc(S(=O)(=O)N(CCC(=O)N2CCNCC2)C2CC2)c(C)c1. The van der Waals surface area contributed by atoms with Crippen LogP contribution in [0.15, 0.2) is 23.1 Å². The minimum atomic E-state index is -3.56. The Hall–Kier alpha value is -1.44. The predicted octanol–water partition coefficient (Wildman–Crippen LogP) is 1.28. The van der Waals surface area contributed by atoms with Gasteiger partial charge >= 0.3 is 0 Å². The molecule has 3 rings (SSSR count). The summed E-state index contributed by atoms with van der Waals surface area (Å²) in [5.41, 5.74) is 1.81. The molecule has 1 aromatic carbocycles. The van der Waals surface area contributed by atoms with Crippen molar-refractivity contribution in [2.45, 2.75) is 44.0 Å². The number of carbonyl (C=O) groups excluding carboxylic acids is 1. The van der Waals surface area contributed by atoms with E-state index in [-0.39, 0.29) is 24.9 Å². The number of hydrogen-bond acceptors (Lipinski definition) is 4. The molecule has 1 saturated heterocycles. The van der Waals surface area contributed by atoms with Crippen LogP contribution in [-0.4, -0.2) is 62.3 Å². The van der Waals surface area contributed by atoms with Crippen molar-refractivity contribution in [3.05, 3.63) is 29.3 Å². The van der Waals surface area contributed by atoms with Crippen LogP contribution in [-0.2, 0) is 14.8 Å². The van der Waals surface area contributed by atoms with E-state index in [0.717, 1.165) is 37.1 Å². The van der Waals surface area contributed by atoms with Crippen molar-refractivity contribution in [3.63, 3.8) is 0 Å². The zero-order chi connectivity index (χ0) is 18.0. The summed E-state index contributed by atoms with van der Waals surface area (Å²) in [5, 5.41) is 3.22. The molecule has 6 nitrogen and oxygen atoms in total. The molecular formula is C18H27N3O3S. The molecule has 7 heteroatoms. The van der Waals surface area contributed by atoms with Gasteiger partial charge < -0.3 is 10.2 Å². The molecule has 2 fully saturated rings. The summed E-state index contributed by atoms with van der Waals surface area (Å²) >= 11 is 0. The average Bonchev–Trinajstić information content (AvgIpc) is 3.40. The molecule has 0 bridgehead atoms. The zero-order valence-corrected chi connectivity index (χ0v) is 15.8. The second-order valence-corrected chi connectivity index (χ2v) is 8.86. The van der Waals surface area contributed by atoms with E-state index < -0.39 is 10.0 Å². The first-order valence-electron chi connectivity index (χ1n) is 8.97. The third-order valence-corrected chi connectivity index (χ3v) is 7.00. The van der Waals surface area contributed by atoms with Gasteiger partial charge in [0.2, 0.25) is 15.9 Å². The molecule has 0 aromatic heterocycles. The van der Waals surface area contributed by atoms with Crippen molar-refractivity contribution in [2.24, 2.45) is 0 Å². The molecule has 1 N–H and O–H groups in total. The van der Waals surface area contributed by atoms with Crippen LogP contribution in [0.4, 0.5) is 0 Å². The molecule has 0 unspecified atom stereocenters. The topological polar surface area (TPSA) is 69.7 Å². The molecule has 2 aliphatic rings. The van der Waals surface area contributed by atoms with Crippen molar-refractivity contribution in [3.8, 4) is 0 Å². The normalized spacial score (nSPS) is 18.6. The van der Waals surface area contributed by atoms with Gasteiger partial charge in [0.1, 0.15) is 0 Å². The van der Waals surface area contributed by atoms with Crippen LogP contribution in [0.25, 0.3) is 0 Å². The van der Waals surface area contributed by atoms with Crippen LogP contribution in [0.2, 0.25) is 0 Å². The standard InChI is InChI=1S/C18H27N3O3S/c1-14-3-6-17(15(2)13-14)25(23,24)21(16-4-5-16)10-7-18(22)20-11-8-19-9-12-20/h3,6,13,16,19H,4-5,7-12H2,1-2H3. The first kappa shape index (κ1) is 18.4. The lowest BCUT2D eigenvalue weighted by Gasteiger charge is -2.29. The lowest BCUT2D eigenvalue weighted by atomic mass is 10.2. The van der Waals surface area contributed by atoms with Crippen LogP contribution in [0.5, 0.6) is 0 Å². The largest absolute Gasteiger partial charge is 0.340 e. The Balaban J connectivity index is 1.73. The fourth-order valence-corrected chi connectivity index (χ4v) is 5.25. The third kappa shape index (κ3) is 4.22. The molecule has 1 aromatic rings. The second kappa shape index (κ2) is 7.43. The van der Waals surface area contributed by atoms with Crippen molar-refractivity contribution >= 4 is 15.9 Å². The van der Waals surface area contributed by atoms with Gasteiger partial charge in [-0.25, -0.2) is 8.42 Å². The molecule has 0 spiro atoms. The summed E-state index contributed by atoms with van der Waals surface area (Å²) in [4.78, 5) is 14.6. The maximum atomic E-state index is 13.1. The number of sulfonamides is 1. The van der Waals surface area contributed by atoms with E-state index >= 15 is 0 Å². The number of nitrogens with one attached hydrogen (secondary N) is 1. The second-order valence-electron chi connectivity index (χ2n) is 7.00. The van der Waals surface area contributed by atoms with Crippen molar-refractivity contribution < 1.29 is 13.2 Å². The monoisotopic (exact) mass is 365 g/mol. The van der Waals surface area contributed by atoms with Crippen molar-refractivity contribution in [1.29, 1.82) is 0 Å². The quantitative estimate of drug-likeness (QED) is 0.824. The highest BCUT2D eigenvalue weighted by atomic mass is 32.2. The number of amides is 1. The summed E-state index contributed by atoms with van der Waals surface area (Å²) in [6.07, 6.45) is 2.01. The number of hydrogen-bond donors (Lipinski definition) is 1. The van der Waals surface area contributed by atoms with Crippen LogP contribution >= 0.6 is 0 Å². The van der Waals surface area contributed by atoms with Crippen molar-refractivity contribution in [2.75, 3.05) is 32.7 Å². The lowest BCUT2D eigenvalue weighted by Crippen LogP contribution is -2.47. The molecule has 1 aliphatic heterocycles. The number of aryl methyl sites for hydroxylation is 2. The van der Waals surface area contributed by atoms with E-state index in [1.165, 1.54) is 0 Å². The summed E-state index contributed by atoms with van der Waals surface area (Å²) in [7, 11) is -3.56. The number of benzene rings is 1. The van der Waals surface area contributed by atoms with Crippen molar-refractivity contribution in [1.82, 2.24) is 14.5 Å². The fraction of sp³-hybridized carbons (Fsp3) is 0.611. The maximum absolute atomic E-state index is 13.1. The first-order valence-corrected chi connectivity index (χ1v) is 10.4. The molecule has 0 radical (unpaired) electrons. The Morgan fingerprint density at radius 1 is 1.24 bits per heavy atom. The predicted molar refractivity (Wildman–Crippen MR) is 96.9 cm³/mol. The molecule has 25 heavy (non-hydrogen) atoms. The highest BCUT2D eigenvalue weighted by Crippen LogP contribution is 2.33. The molecule has 1 saturated carbocycles. The van der Waals surface area contributed by atoms with E-state index in [4.69, 9.17) is 0 Å². The minimum absolute atomic E-state index is 0.0431. The lowest BCUT2D eigenvalue weighted by molar-refractivity contribution is -0.131. The summed E-state index contributed by atoms with van der Waals surface area (Å²) in [6.45, 7) is 7.06. The van der Waals surface area contributed by atoms with Gasteiger partial charge in [-0.2, -0.15) is 4.31 Å². The van der Waals surface area contributed by atoms with Gasteiger partial charge in [0.25, 0.3) is 0 Å². The Bertz CT molecular complexity index is 738. The van der Waals surface area contributed by atoms with Gasteiger partial charge in [-0.05, 0) is 38.3 Å². The zero-order valence-electron chi connectivity index (χ0n) is 15.0. The van der Waals surface area contributed by atoms with Gasteiger partial charge in [-0.3, -0.25) is 4.79 Å². The molecule has 0 atom stereocenters. The first-order chi connectivity index (χ1) is 11.9. The van der Waals surface area contributed by atoms with Gasteiger partial charge in [0.05, 0.1) is 4.90 Å². The van der Waals surface area contributed by atoms with Gasteiger partial charge in [-0.1, -0.05) is 17.7 Å². The van der Waals surface area contributed by atoms with E-state index in [1.807, 2.05) is 30.9 Å². The van der Waals surface area contributed by atoms with Crippen LogP contribution in [0, 0.1) is 13.8 Å². The van der Waals surface area contributed by atoms with Gasteiger partial charge in [0, 0.05) is 45.2 Å². The van der Waals surface area contributed by atoms with Crippen LogP contribution in [0.3, 0.4) is 0 Å². The average molecular weight is 365 g/mol. The Morgan fingerprint density at radius 2 is 1.92 bits per heavy atom. The molecule has 138 valence electrons. The van der Waals surface area contributed by atoms with E-state index in [9.17, 15) is 13.2 Å². The number of nitrogens with zero attached hydrogens (tertiary/aromatic N) is 2. The summed E-state index contributed by atoms with van der Waals surface area (Å²) < 4.78 is 27.8. The number of rotatable bonds is 6. The molecule has 1 aliphatic carbocycles. The van der Waals surface area contributed by atoms with E-state index in [2.05, 4.69) is 5.32 Å². The highest BCUT2D eigenvalue weighted by molar-refractivity contribution is 7.89. The minimum Gasteiger partial charge on any atom is -0.340 e. The van der Waals surface area contributed by atoms with Gasteiger partial charge in [0.15, 0.2) is 0 Å². The molecular weight excluding hydrogens is 338 g/mol.